The van der Waals surface area contributed by atoms with Crippen LogP contribution in [0.2, 0.25) is 0 Å². The van der Waals surface area contributed by atoms with Crippen LogP contribution in [0.4, 0.5) is 0 Å². The molecule has 0 aliphatic carbocycles. The van der Waals surface area contributed by atoms with Gasteiger partial charge in [-0.1, -0.05) is 36.3 Å². The molecule has 0 bridgehead atoms. The molecule has 3 N–H and O–H groups in total. The number of amidine groups is 1. The fraction of sp³-hybridized carbons (Fsp3) is 0.500. The zero-order chi connectivity index (χ0) is 15.4. The maximum atomic E-state index is 12.4. The van der Waals surface area contributed by atoms with Gasteiger partial charge in [0.2, 0.25) is 5.91 Å². The Kier molecular flexibility index (Phi) is 4.83. The van der Waals surface area contributed by atoms with Crippen LogP contribution >= 0.6 is 0 Å². The summed E-state index contributed by atoms with van der Waals surface area (Å²) in [5, 5.41) is 11.6. The Balaban J connectivity index is 1.99. The Morgan fingerprint density at radius 1 is 1.38 bits per heavy atom. The van der Waals surface area contributed by atoms with Crippen molar-refractivity contribution < 1.29 is 10.0 Å². The van der Waals surface area contributed by atoms with Crippen molar-refractivity contribution in [3.05, 3.63) is 35.4 Å². The summed E-state index contributed by atoms with van der Waals surface area (Å²) < 4.78 is 0. The van der Waals surface area contributed by atoms with E-state index in [-0.39, 0.29) is 11.7 Å². The second-order valence-electron chi connectivity index (χ2n) is 5.92. The van der Waals surface area contributed by atoms with Crippen molar-refractivity contribution in [3.8, 4) is 0 Å². The van der Waals surface area contributed by atoms with Crippen molar-refractivity contribution in [2.45, 2.75) is 39.2 Å². The van der Waals surface area contributed by atoms with Gasteiger partial charge in [-0.2, -0.15) is 0 Å². The average molecular weight is 289 g/mol. The molecule has 2 unspecified atom stereocenters. The van der Waals surface area contributed by atoms with Crippen LogP contribution in [0.5, 0.6) is 0 Å². The van der Waals surface area contributed by atoms with E-state index in [1.807, 2.05) is 17.0 Å². The molecule has 0 radical (unpaired) electrons. The largest absolute Gasteiger partial charge is 0.409 e. The zero-order valence-corrected chi connectivity index (χ0v) is 12.6. The Bertz CT molecular complexity index is 525. The lowest BCUT2D eigenvalue weighted by Crippen LogP contribution is -2.44. The molecule has 1 aliphatic rings. The first kappa shape index (κ1) is 15.4. The molecule has 1 amide bonds. The smallest absolute Gasteiger partial charge is 0.227 e. The third kappa shape index (κ3) is 3.74. The summed E-state index contributed by atoms with van der Waals surface area (Å²) in [7, 11) is 0. The highest BCUT2D eigenvalue weighted by Crippen LogP contribution is 2.22. The number of rotatable bonds is 3. The molecule has 5 heteroatoms. The van der Waals surface area contributed by atoms with Crippen LogP contribution in [0.1, 0.15) is 37.8 Å². The Hall–Kier alpha value is -2.04. The molecule has 2 rings (SSSR count). The second-order valence-corrected chi connectivity index (χ2v) is 5.92. The SMILES string of the molecule is CC1CCN(C(=O)Cc2ccc(C(N)=NO)cc2)C(C)C1. The highest BCUT2D eigenvalue weighted by Gasteiger charge is 2.26. The van der Waals surface area contributed by atoms with Crippen LogP contribution in [0.25, 0.3) is 0 Å². The first-order valence-electron chi connectivity index (χ1n) is 7.37. The summed E-state index contributed by atoms with van der Waals surface area (Å²) in [4.78, 5) is 14.4. The predicted octanol–water partition coefficient (Wildman–Crippen LogP) is 1.97. The van der Waals surface area contributed by atoms with Crippen LogP contribution < -0.4 is 5.73 Å². The highest BCUT2D eigenvalue weighted by molar-refractivity contribution is 5.97. The van der Waals surface area contributed by atoms with Gasteiger partial charge in [-0.3, -0.25) is 4.79 Å². The Labute approximate surface area is 125 Å². The minimum atomic E-state index is 0.0755. The van der Waals surface area contributed by atoms with E-state index in [9.17, 15) is 4.79 Å². The molecular weight excluding hydrogens is 266 g/mol. The van der Waals surface area contributed by atoms with Gasteiger partial charge in [0.1, 0.15) is 0 Å². The number of oxime groups is 1. The number of nitrogens with zero attached hydrogens (tertiary/aromatic N) is 2. The first-order valence-corrected chi connectivity index (χ1v) is 7.37. The van der Waals surface area contributed by atoms with E-state index in [2.05, 4.69) is 19.0 Å². The van der Waals surface area contributed by atoms with E-state index in [1.165, 1.54) is 0 Å². The minimum Gasteiger partial charge on any atom is -0.409 e. The van der Waals surface area contributed by atoms with Gasteiger partial charge >= 0.3 is 0 Å². The minimum absolute atomic E-state index is 0.0755. The number of hydrogen-bond acceptors (Lipinski definition) is 3. The summed E-state index contributed by atoms with van der Waals surface area (Å²) in [5.74, 6) is 0.946. The number of carbonyl (C=O) groups excluding carboxylic acids is 1. The maximum Gasteiger partial charge on any atom is 0.227 e. The molecule has 0 spiro atoms. The quantitative estimate of drug-likeness (QED) is 0.386. The molecule has 1 aliphatic heterocycles. The van der Waals surface area contributed by atoms with Gasteiger partial charge in [0.05, 0.1) is 6.42 Å². The maximum absolute atomic E-state index is 12.4. The van der Waals surface area contributed by atoms with Crippen LogP contribution in [0.3, 0.4) is 0 Å². The van der Waals surface area contributed by atoms with Gasteiger partial charge in [-0.05, 0) is 31.2 Å². The van der Waals surface area contributed by atoms with Gasteiger partial charge in [-0.25, -0.2) is 0 Å². The highest BCUT2D eigenvalue weighted by atomic mass is 16.4. The van der Waals surface area contributed by atoms with Crippen LogP contribution in [-0.2, 0) is 11.2 Å². The van der Waals surface area contributed by atoms with Crippen molar-refractivity contribution in [2.24, 2.45) is 16.8 Å². The van der Waals surface area contributed by atoms with E-state index < -0.39 is 0 Å². The number of piperidine rings is 1. The van der Waals surface area contributed by atoms with Crippen molar-refractivity contribution in [1.29, 1.82) is 0 Å². The van der Waals surface area contributed by atoms with E-state index in [1.54, 1.807) is 12.1 Å². The third-order valence-electron chi connectivity index (χ3n) is 4.17. The van der Waals surface area contributed by atoms with E-state index in [0.717, 1.165) is 24.9 Å². The molecule has 0 saturated carbocycles. The number of amides is 1. The third-order valence-corrected chi connectivity index (χ3v) is 4.17. The fourth-order valence-electron chi connectivity index (χ4n) is 2.91. The summed E-state index contributed by atoms with van der Waals surface area (Å²) >= 11 is 0. The number of likely N-dealkylation sites (tertiary alicyclic amines) is 1. The van der Waals surface area contributed by atoms with Crippen molar-refractivity contribution in [1.82, 2.24) is 4.90 Å². The van der Waals surface area contributed by atoms with Gasteiger partial charge in [0.25, 0.3) is 0 Å². The molecule has 1 fully saturated rings. The Morgan fingerprint density at radius 2 is 2.05 bits per heavy atom. The van der Waals surface area contributed by atoms with Crippen molar-refractivity contribution in [3.63, 3.8) is 0 Å². The zero-order valence-electron chi connectivity index (χ0n) is 12.6. The second kappa shape index (κ2) is 6.61. The summed E-state index contributed by atoms with van der Waals surface area (Å²) in [6.45, 7) is 5.21. The van der Waals surface area contributed by atoms with Crippen LogP contribution in [-0.4, -0.2) is 34.4 Å². The molecule has 1 aromatic carbocycles. The monoisotopic (exact) mass is 289 g/mol. The molecule has 1 aromatic rings. The lowest BCUT2D eigenvalue weighted by atomic mass is 9.93. The van der Waals surface area contributed by atoms with Crippen molar-refractivity contribution in [2.75, 3.05) is 6.54 Å². The summed E-state index contributed by atoms with van der Waals surface area (Å²) in [5.41, 5.74) is 7.11. The first-order chi connectivity index (χ1) is 10.0. The fourth-order valence-corrected chi connectivity index (χ4v) is 2.91. The standard InChI is InChI=1S/C16H23N3O2/c1-11-7-8-19(12(2)9-11)15(20)10-13-3-5-14(6-4-13)16(17)18-21/h3-6,11-12,21H,7-10H2,1-2H3,(H2,17,18). The topological polar surface area (TPSA) is 78.9 Å². The van der Waals surface area contributed by atoms with Crippen molar-refractivity contribution >= 4 is 11.7 Å². The summed E-state index contributed by atoms with van der Waals surface area (Å²) in [6, 6.07) is 7.54. The van der Waals surface area contributed by atoms with E-state index in [4.69, 9.17) is 10.9 Å². The van der Waals surface area contributed by atoms with Crippen LogP contribution in [0.15, 0.2) is 29.4 Å². The Morgan fingerprint density at radius 3 is 2.62 bits per heavy atom. The lowest BCUT2D eigenvalue weighted by molar-refractivity contribution is -0.134. The molecule has 2 atom stereocenters. The summed E-state index contributed by atoms with van der Waals surface area (Å²) in [6.07, 6.45) is 2.56. The molecule has 1 heterocycles. The van der Waals surface area contributed by atoms with Gasteiger partial charge < -0.3 is 15.8 Å². The van der Waals surface area contributed by atoms with Crippen LogP contribution in [0, 0.1) is 5.92 Å². The average Bonchev–Trinajstić information content (AvgIpc) is 2.47. The number of carbonyl (C=O) groups is 1. The molecule has 5 nitrogen and oxygen atoms in total. The number of hydrogen-bond donors (Lipinski definition) is 2. The normalized spacial score (nSPS) is 23.1. The number of benzene rings is 1. The molecule has 1 saturated heterocycles. The van der Waals surface area contributed by atoms with E-state index >= 15 is 0 Å². The predicted molar refractivity (Wildman–Crippen MR) is 82.2 cm³/mol. The van der Waals surface area contributed by atoms with Gasteiger partial charge in [0.15, 0.2) is 5.84 Å². The molecule has 114 valence electrons. The lowest BCUT2D eigenvalue weighted by Gasteiger charge is -2.36. The molecular formula is C16H23N3O2. The molecule has 21 heavy (non-hydrogen) atoms. The molecule has 0 aromatic heterocycles. The van der Waals surface area contributed by atoms with Gasteiger partial charge in [-0.15, -0.1) is 0 Å². The number of nitrogens with two attached hydrogens (primary N) is 1. The van der Waals surface area contributed by atoms with E-state index in [0.29, 0.717) is 23.9 Å². The van der Waals surface area contributed by atoms with Gasteiger partial charge in [0, 0.05) is 18.2 Å².